The van der Waals surface area contributed by atoms with Crippen molar-refractivity contribution in [2.24, 2.45) is 5.73 Å². The lowest BCUT2D eigenvalue weighted by Crippen LogP contribution is -2.40. The van der Waals surface area contributed by atoms with Gasteiger partial charge in [-0.2, -0.15) is 0 Å². The van der Waals surface area contributed by atoms with Crippen molar-refractivity contribution in [1.29, 1.82) is 0 Å². The summed E-state index contributed by atoms with van der Waals surface area (Å²) in [5, 5.41) is 0. The van der Waals surface area contributed by atoms with Gasteiger partial charge < -0.3 is 10.5 Å². The van der Waals surface area contributed by atoms with Gasteiger partial charge in [0.25, 0.3) is 0 Å². The minimum atomic E-state index is -3.54. The highest BCUT2D eigenvalue weighted by Crippen LogP contribution is 2.25. The molecule has 106 valence electrons. The molecule has 1 fully saturated rings. The van der Waals surface area contributed by atoms with E-state index in [0.29, 0.717) is 5.75 Å². The monoisotopic (exact) mass is 284 g/mol. The molecule has 0 spiro atoms. The van der Waals surface area contributed by atoms with Gasteiger partial charge in [0.1, 0.15) is 10.6 Å². The Morgan fingerprint density at radius 1 is 1.21 bits per heavy atom. The van der Waals surface area contributed by atoms with Gasteiger partial charge in [0.2, 0.25) is 10.0 Å². The van der Waals surface area contributed by atoms with Crippen LogP contribution in [0, 0.1) is 0 Å². The molecule has 2 rings (SSSR count). The van der Waals surface area contributed by atoms with Crippen LogP contribution in [0.25, 0.3) is 0 Å². The summed E-state index contributed by atoms with van der Waals surface area (Å²) < 4.78 is 32.5. The molecule has 1 aromatic rings. The van der Waals surface area contributed by atoms with Crippen molar-refractivity contribution in [2.45, 2.75) is 42.7 Å². The third-order valence-electron chi connectivity index (χ3n) is 3.45. The predicted octanol–water partition coefficient (Wildman–Crippen LogP) is 1.24. The highest BCUT2D eigenvalue weighted by molar-refractivity contribution is 7.89. The fraction of sp³-hybridized carbons (Fsp3) is 0.538. The Bertz CT molecular complexity index is 522. The maximum Gasteiger partial charge on any atom is 0.244 e. The molecule has 5 nitrogen and oxygen atoms in total. The summed E-state index contributed by atoms with van der Waals surface area (Å²) in [4.78, 5) is 0.187. The molecule has 19 heavy (non-hydrogen) atoms. The summed E-state index contributed by atoms with van der Waals surface area (Å²) in [5.74, 6) is 0.363. The van der Waals surface area contributed by atoms with Gasteiger partial charge in [0.05, 0.1) is 7.11 Å². The van der Waals surface area contributed by atoms with Crippen molar-refractivity contribution >= 4 is 10.0 Å². The summed E-state index contributed by atoms with van der Waals surface area (Å²) in [6.07, 6.45) is 3.29. The number of rotatable bonds is 4. The Kier molecular flexibility index (Phi) is 4.44. The fourth-order valence-electron chi connectivity index (χ4n) is 2.36. The Morgan fingerprint density at radius 3 is 2.47 bits per heavy atom. The van der Waals surface area contributed by atoms with Gasteiger partial charge in [-0.3, -0.25) is 0 Å². The van der Waals surface area contributed by atoms with E-state index in [1.807, 2.05) is 0 Å². The van der Waals surface area contributed by atoms with E-state index >= 15 is 0 Å². The molecular weight excluding hydrogens is 264 g/mol. The summed E-state index contributed by atoms with van der Waals surface area (Å²) >= 11 is 0. The first-order chi connectivity index (χ1) is 9.03. The Hall–Kier alpha value is -1.11. The van der Waals surface area contributed by atoms with Crippen LogP contribution in [-0.4, -0.2) is 27.6 Å². The number of para-hydroxylation sites is 1. The van der Waals surface area contributed by atoms with Crippen LogP contribution in [0.3, 0.4) is 0 Å². The maximum atomic E-state index is 12.3. The first kappa shape index (κ1) is 14.3. The second-order valence-electron chi connectivity index (χ2n) is 4.88. The van der Waals surface area contributed by atoms with Crippen LogP contribution in [0.2, 0.25) is 0 Å². The molecule has 0 aliphatic heterocycles. The second kappa shape index (κ2) is 5.90. The molecule has 0 heterocycles. The Morgan fingerprint density at radius 2 is 1.84 bits per heavy atom. The lowest BCUT2D eigenvalue weighted by Gasteiger charge is -2.26. The summed E-state index contributed by atoms with van der Waals surface area (Å²) in [6.45, 7) is 0. The number of nitrogens with two attached hydrogens (primary N) is 1. The lowest BCUT2D eigenvalue weighted by molar-refractivity contribution is 0.371. The van der Waals surface area contributed by atoms with Crippen LogP contribution in [0.15, 0.2) is 29.2 Å². The van der Waals surface area contributed by atoms with E-state index in [-0.39, 0.29) is 17.0 Å². The van der Waals surface area contributed by atoms with E-state index in [0.717, 1.165) is 25.7 Å². The molecule has 0 radical (unpaired) electrons. The molecule has 0 atom stereocenters. The molecule has 0 saturated heterocycles. The number of methoxy groups -OCH3 is 1. The van der Waals surface area contributed by atoms with Crippen LogP contribution in [0.1, 0.15) is 25.7 Å². The number of hydrogen-bond acceptors (Lipinski definition) is 4. The van der Waals surface area contributed by atoms with Crippen LogP contribution in [0.5, 0.6) is 5.75 Å². The Labute approximate surface area is 114 Å². The minimum absolute atomic E-state index is 0.0327. The average Bonchev–Trinajstić information content (AvgIpc) is 2.41. The zero-order valence-corrected chi connectivity index (χ0v) is 11.8. The van der Waals surface area contributed by atoms with E-state index < -0.39 is 10.0 Å². The van der Waals surface area contributed by atoms with E-state index in [4.69, 9.17) is 10.5 Å². The van der Waals surface area contributed by atoms with Crippen molar-refractivity contribution in [3.8, 4) is 5.75 Å². The first-order valence-electron chi connectivity index (χ1n) is 6.44. The van der Waals surface area contributed by atoms with E-state index in [9.17, 15) is 8.42 Å². The van der Waals surface area contributed by atoms with Gasteiger partial charge >= 0.3 is 0 Å². The van der Waals surface area contributed by atoms with E-state index in [1.165, 1.54) is 7.11 Å². The Balaban J connectivity index is 2.14. The molecule has 1 aromatic carbocycles. The summed E-state index contributed by atoms with van der Waals surface area (Å²) in [6, 6.07) is 6.80. The van der Waals surface area contributed by atoms with Crippen molar-refractivity contribution in [2.75, 3.05) is 7.11 Å². The molecule has 0 bridgehead atoms. The van der Waals surface area contributed by atoms with Gasteiger partial charge in [-0.25, -0.2) is 13.1 Å². The smallest absolute Gasteiger partial charge is 0.244 e. The van der Waals surface area contributed by atoms with E-state index in [2.05, 4.69) is 4.72 Å². The largest absolute Gasteiger partial charge is 0.495 e. The number of hydrogen-bond donors (Lipinski definition) is 2. The van der Waals surface area contributed by atoms with Gasteiger partial charge in [-0.1, -0.05) is 12.1 Å². The van der Waals surface area contributed by atoms with Crippen molar-refractivity contribution in [1.82, 2.24) is 4.72 Å². The number of nitrogens with one attached hydrogen (secondary N) is 1. The van der Waals surface area contributed by atoms with Gasteiger partial charge in [0, 0.05) is 12.1 Å². The molecule has 1 saturated carbocycles. The zero-order valence-electron chi connectivity index (χ0n) is 11.0. The second-order valence-corrected chi connectivity index (χ2v) is 6.57. The highest BCUT2D eigenvalue weighted by atomic mass is 32.2. The SMILES string of the molecule is COc1ccccc1S(=O)(=O)NC1CCC(N)CC1. The van der Waals surface area contributed by atoms with Gasteiger partial charge in [0.15, 0.2) is 0 Å². The summed E-state index contributed by atoms with van der Waals surface area (Å²) in [7, 11) is -2.07. The minimum Gasteiger partial charge on any atom is -0.495 e. The standard InChI is InChI=1S/C13H20N2O3S/c1-18-12-4-2-3-5-13(12)19(16,17)15-11-8-6-10(14)7-9-11/h2-5,10-11,15H,6-9,14H2,1H3. The van der Waals surface area contributed by atoms with Gasteiger partial charge in [-0.05, 0) is 37.8 Å². The average molecular weight is 284 g/mol. The van der Waals surface area contributed by atoms with Crippen LogP contribution < -0.4 is 15.2 Å². The van der Waals surface area contributed by atoms with Crippen LogP contribution in [-0.2, 0) is 10.0 Å². The van der Waals surface area contributed by atoms with Crippen molar-refractivity contribution in [3.63, 3.8) is 0 Å². The lowest BCUT2D eigenvalue weighted by atomic mass is 9.93. The van der Waals surface area contributed by atoms with Crippen molar-refractivity contribution in [3.05, 3.63) is 24.3 Å². The normalized spacial score (nSPS) is 24.1. The predicted molar refractivity (Wildman–Crippen MR) is 73.5 cm³/mol. The molecular formula is C13H20N2O3S. The van der Waals surface area contributed by atoms with E-state index in [1.54, 1.807) is 24.3 Å². The zero-order chi connectivity index (χ0) is 13.9. The molecule has 0 unspecified atom stereocenters. The molecule has 1 aliphatic carbocycles. The molecule has 0 aromatic heterocycles. The highest BCUT2D eigenvalue weighted by Gasteiger charge is 2.26. The first-order valence-corrected chi connectivity index (χ1v) is 7.92. The quantitative estimate of drug-likeness (QED) is 0.871. The number of sulfonamides is 1. The molecule has 1 aliphatic rings. The third kappa shape index (κ3) is 3.46. The third-order valence-corrected chi connectivity index (χ3v) is 5.01. The molecule has 6 heteroatoms. The van der Waals surface area contributed by atoms with Gasteiger partial charge in [-0.15, -0.1) is 0 Å². The van der Waals surface area contributed by atoms with Crippen molar-refractivity contribution < 1.29 is 13.2 Å². The number of ether oxygens (including phenoxy) is 1. The molecule has 3 N–H and O–H groups in total. The molecule has 0 amide bonds. The fourth-order valence-corrected chi connectivity index (χ4v) is 3.84. The summed E-state index contributed by atoms with van der Waals surface area (Å²) in [5.41, 5.74) is 5.82. The van der Waals surface area contributed by atoms with Crippen LogP contribution in [0.4, 0.5) is 0 Å². The maximum absolute atomic E-state index is 12.3. The topological polar surface area (TPSA) is 81.4 Å². The van der Waals surface area contributed by atoms with Crippen LogP contribution >= 0.6 is 0 Å². The number of benzene rings is 1.